The second kappa shape index (κ2) is 7.21. The van der Waals surface area contributed by atoms with E-state index in [1.807, 2.05) is 0 Å². The molecule has 0 spiro atoms. The normalized spacial score (nSPS) is 11.5. The topological polar surface area (TPSA) is 90.7 Å². The molecule has 0 aromatic heterocycles. The summed E-state index contributed by atoms with van der Waals surface area (Å²) >= 11 is 0. The standard InChI is InChI=1S/C11H18N2O3.ClH/c1-15-7-5-9(14)11(8(13)3-4-12)10(6-7)16-2;/h5-6,8,14H,3-4,12-13H2,1-2H3;1H/t8-;/m1./s1. The number of methoxy groups -OCH3 is 2. The van der Waals surface area contributed by atoms with Crippen LogP contribution in [0.4, 0.5) is 0 Å². The molecule has 0 aliphatic carbocycles. The fourth-order valence-electron chi connectivity index (χ4n) is 1.57. The van der Waals surface area contributed by atoms with E-state index in [2.05, 4.69) is 0 Å². The fraction of sp³-hybridized carbons (Fsp3) is 0.455. The van der Waals surface area contributed by atoms with Gasteiger partial charge in [0.2, 0.25) is 0 Å². The fourth-order valence-corrected chi connectivity index (χ4v) is 1.57. The van der Waals surface area contributed by atoms with Crippen LogP contribution < -0.4 is 20.9 Å². The van der Waals surface area contributed by atoms with Crippen LogP contribution in [0, 0.1) is 0 Å². The molecule has 0 saturated carbocycles. The minimum atomic E-state index is -0.342. The van der Waals surface area contributed by atoms with Gasteiger partial charge in [-0.05, 0) is 13.0 Å². The molecule has 1 aromatic rings. The molecule has 0 radical (unpaired) electrons. The first-order valence-electron chi connectivity index (χ1n) is 5.04. The van der Waals surface area contributed by atoms with Crippen molar-refractivity contribution in [1.82, 2.24) is 0 Å². The summed E-state index contributed by atoms with van der Waals surface area (Å²) in [5.74, 6) is 1.10. The number of aromatic hydroxyl groups is 1. The molecule has 1 rings (SSSR count). The first-order valence-corrected chi connectivity index (χ1v) is 5.04. The van der Waals surface area contributed by atoms with Crippen LogP contribution in [0.3, 0.4) is 0 Å². The minimum Gasteiger partial charge on any atom is -0.507 e. The Balaban J connectivity index is 0.00000256. The number of phenols is 1. The maximum Gasteiger partial charge on any atom is 0.131 e. The minimum absolute atomic E-state index is 0. The number of phenolic OH excluding ortho intramolecular Hbond substituents is 1. The summed E-state index contributed by atoms with van der Waals surface area (Å²) in [7, 11) is 3.04. The molecule has 5 nitrogen and oxygen atoms in total. The quantitative estimate of drug-likeness (QED) is 0.741. The Bertz CT molecular complexity index is 361. The summed E-state index contributed by atoms with van der Waals surface area (Å²) in [6, 6.07) is 2.85. The van der Waals surface area contributed by atoms with E-state index in [1.54, 1.807) is 6.07 Å². The van der Waals surface area contributed by atoms with Crippen LogP contribution in [-0.2, 0) is 0 Å². The van der Waals surface area contributed by atoms with E-state index in [0.29, 0.717) is 30.0 Å². The highest BCUT2D eigenvalue weighted by Gasteiger charge is 2.17. The van der Waals surface area contributed by atoms with Gasteiger partial charge in [-0.1, -0.05) is 0 Å². The third-order valence-corrected chi connectivity index (χ3v) is 2.40. The second-order valence-electron chi connectivity index (χ2n) is 3.45. The van der Waals surface area contributed by atoms with E-state index >= 15 is 0 Å². The molecule has 0 heterocycles. The Morgan fingerprint density at radius 3 is 2.41 bits per heavy atom. The zero-order chi connectivity index (χ0) is 12.1. The second-order valence-corrected chi connectivity index (χ2v) is 3.45. The van der Waals surface area contributed by atoms with Gasteiger partial charge in [-0.25, -0.2) is 0 Å². The maximum absolute atomic E-state index is 9.85. The highest BCUT2D eigenvalue weighted by molar-refractivity contribution is 5.85. The molecule has 0 unspecified atom stereocenters. The number of ether oxygens (including phenoxy) is 2. The molecular formula is C11H19ClN2O3. The SMILES string of the molecule is COc1cc(O)c([C@H](N)CCN)c(OC)c1.Cl. The van der Waals surface area contributed by atoms with Crippen LogP contribution in [-0.4, -0.2) is 25.9 Å². The first kappa shape index (κ1) is 15.8. The van der Waals surface area contributed by atoms with Gasteiger partial charge >= 0.3 is 0 Å². The highest BCUT2D eigenvalue weighted by Crippen LogP contribution is 2.37. The highest BCUT2D eigenvalue weighted by atomic mass is 35.5. The van der Waals surface area contributed by atoms with Crippen molar-refractivity contribution in [3.63, 3.8) is 0 Å². The Labute approximate surface area is 107 Å². The monoisotopic (exact) mass is 262 g/mol. The first-order chi connectivity index (χ1) is 7.63. The Morgan fingerprint density at radius 1 is 1.29 bits per heavy atom. The number of rotatable bonds is 5. The van der Waals surface area contributed by atoms with Gasteiger partial charge in [-0.3, -0.25) is 0 Å². The van der Waals surface area contributed by atoms with Crippen molar-refractivity contribution >= 4 is 12.4 Å². The van der Waals surface area contributed by atoms with Gasteiger partial charge in [0.05, 0.1) is 19.8 Å². The van der Waals surface area contributed by atoms with Crippen LogP contribution in [0.1, 0.15) is 18.0 Å². The third-order valence-electron chi connectivity index (χ3n) is 2.40. The van der Waals surface area contributed by atoms with Gasteiger partial charge in [0, 0.05) is 18.2 Å². The Hall–Kier alpha value is -1.17. The molecule has 5 N–H and O–H groups in total. The smallest absolute Gasteiger partial charge is 0.131 e. The molecule has 0 bridgehead atoms. The van der Waals surface area contributed by atoms with Gasteiger partial charge < -0.3 is 26.0 Å². The molecule has 98 valence electrons. The van der Waals surface area contributed by atoms with Crippen molar-refractivity contribution in [3.05, 3.63) is 17.7 Å². The predicted octanol–water partition coefficient (Wildman–Crippen LogP) is 1.18. The predicted molar refractivity (Wildman–Crippen MR) is 69.1 cm³/mol. The molecule has 0 aliphatic heterocycles. The molecule has 1 aromatic carbocycles. The summed E-state index contributed by atoms with van der Waals surface area (Å²) < 4.78 is 10.2. The molecule has 0 saturated heterocycles. The van der Waals surface area contributed by atoms with E-state index < -0.39 is 0 Å². The van der Waals surface area contributed by atoms with Crippen molar-refractivity contribution in [3.8, 4) is 17.2 Å². The van der Waals surface area contributed by atoms with Gasteiger partial charge in [0.1, 0.15) is 17.2 Å². The summed E-state index contributed by atoms with van der Waals surface area (Å²) in [6.45, 7) is 0.454. The van der Waals surface area contributed by atoms with E-state index in [0.717, 1.165) is 0 Å². The van der Waals surface area contributed by atoms with E-state index in [-0.39, 0.29) is 24.2 Å². The molecule has 0 amide bonds. The van der Waals surface area contributed by atoms with E-state index in [9.17, 15) is 5.11 Å². The summed E-state index contributed by atoms with van der Waals surface area (Å²) in [5, 5.41) is 9.85. The summed E-state index contributed by atoms with van der Waals surface area (Å²) in [6.07, 6.45) is 0.580. The van der Waals surface area contributed by atoms with Crippen LogP contribution in [0.25, 0.3) is 0 Å². The molecule has 6 heteroatoms. The average molecular weight is 263 g/mol. The lowest BCUT2D eigenvalue weighted by molar-refractivity contribution is 0.374. The van der Waals surface area contributed by atoms with Crippen molar-refractivity contribution < 1.29 is 14.6 Å². The van der Waals surface area contributed by atoms with E-state index in [1.165, 1.54) is 20.3 Å². The van der Waals surface area contributed by atoms with Gasteiger partial charge in [0.25, 0.3) is 0 Å². The average Bonchev–Trinajstić information content (AvgIpc) is 2.27. The zero-order valence-electron chi connectivity index (χ0n) is 9.97. The molecular weight excluding hydrogens is 244 g/mol. The van der Waals surface area contributed by atoms with E-state index in [4.69, 9.17) is 20.9 Å². The molecule has 0 fully saturated rings. The third kappa shape index (κ3) is 3.66. The molecule has 0 aliphatic rings. The lowest BCUT2D eigenvalue weighted by Crippen LogP contribution is -2.16. The van der Waals surface area contributed by atoms with Gasteiger partial charge in [-0.2, -0.15) is 0 Å². The number of benzene rings is 1. The number of hydrogen-bond acceptors (Lipinski definition) is 5. The van der Waals surface area contributed by atoms with Crippen molar-refractivity contribution in [2.75, 3.05) is 20.8 Å². The van der Waals surface area contributed by atoms with Crippen LogP contribution in [0.5, 0.6) is 17.2 Å². The van der Waals surface area contributed by atoms with Crippen LogP contribution >= 0.6 is 12.4 Å². The van der Waals surface area contributed by atoms with Crippen molar-refractivity contribution in [1.29, 1.82) is 0 Å². The summed E-state index contributed by atoms with van der Waals surface area (Å²) in [4.78, 5) is 0. The Morgan fingerprint density at radius 2 is 1.94 bits per heavy atom. The largest absolute Gasteiger partial charge is 0.507 e. The van der Waals surface area contributed by atoms with Crippen LogP contribution in [0.2, 0.25) is 0 Å². The number of nitrogens with two attached hydrogens (primary N) is 2. The number of halogens is 1. The van der Waals surface area contributed by atoms with Crippen LogP contribution in [0.15, 0.2) is 12.1 Å². The lowest BCUT2D eigenvalue weighted by Gasteiger charge is -2.17. The number of hydrogen-bond donors (Lipinski definition) is 3. The molecule has 17 heavy (non-hydrogen) atoms. The maximum atomic E-state index is 9.85. The molecule has 1 atom stereocenters. The van der Waals surface area contributed by atoms with Crippen molar-refractivity contribution in [2.45, 2.75) is 12.5 Å². The summed E-state index contributed by atoms with van der Waals surface area (Å²) in [5.41, 5.74) is 11.9. The zero-order valence-corrected chi connectivity index (χ0v) is 10.8. The lowest BCUT2D eigenvalue weighted by atomic mass is 10.0. The van der Waals surface area contributed by atoms with Crippen molar-refractivity contribution in [2.24, 2.45) is 11.5 Å². The van der Waals surface area contributed by atoms with Gasteiger partial charge in [-0.15, -0.1) is 12.4 Å². The van der Waals surface area contributed by atoms with Gasteiger partial charge in [0.15, 0.2) is 0 Å². The Kier molecular flexibility index (Phi) is 6.72.